The number of aliphatic carboxylic acids is 1. The first-order valence-corrected chi connectivity index (χ1v) is 11.3. The van der Waals surface area contributed by atoms with E-state index in [1.807, 2.05) is 36.1 Å². The zero-order chi connectivity index (χ0) is 22.0. The van der Waals surface area contributed by atoms with Crippen molar-refractivity contribution in [2.24, 2.45) is 0 Å². The molecule has 0 amide bonds. The molecule has 0 saturated carbocycles. The Morgan fingerprint density at radius 3 is 2.29 bits per heavy atom. The van der Waals surface area contributed by atoms with Crippen molar-refractivity contribution in [2.75, 3.05) is 13.2 Å². The highest BCUT2D eigenvalue weighted by Gasteiger charge is 2.43. The smallest absolute Gasteiger partial charge is 0.305 e. The Hall–Kier alpha value is -2.89. The number of hydrogen-bond donors (Lipinski definition) is 1. The summed E-state index contributed by atoms with van der Waals surface area (Å²) in [5.74, 6) is -0.399. The van der Waals surface area contributed by atoms with Gasteiger partial charge in [-0.05, 0) is 49.8 Å². The quantitative estimate of drug-likeness (QED) is 0.701. The summed E-state index contributed by atoms with van der Waals surface area (Å²) in [6.45, 7) is 2.95. The van der Waals surface area contributed by atoms with E-state index in [2.05, 4.69) is 0 Å². The van der Waals surface area contributed by atoms with E-state index < -0.39 is 11.9 Å². The third-order valence-corrected chi connectivity index (χ3v) is 6.30. The van der Waals surface area contributed by atoms with Gasteiger partial charge in [0.25, 0.3) is 0 Å². The number of benzene rings is 1. The standard InChI is InChI=1S/C25H29NO5/c1-2-14-31-17-7-3-6-16(15-17)23-24-18(8-4-10-20(24)27)26(13-12-22(29)30)19-9-5-11-21(28)25(19)23/h3,6-7,15,23H,2,4-5,8-14H2,1H3,(H,29,30). The topological polar surface area (TPSA) is 83.9 Å². The van der Waals surface area contributed by atoms with Crippen molar-refractivity contribution in [3.63, 3.8) is 0 Å². The predicted molar refractivity (Wildman–Crippen MR) is 116 cm³/mol. The van der Waals surface area contributed by atoms with Crippen LogP contribution >= 0.6 is 0 Å². The number of hydrogen-bond acceptors (Lipinski definition) is 5. The minimum Gasteiger partial charge on any atom is -0.494 e. The van der Waals surface area contributed by atoms with Crippen molar-refractivity contribution in [1.82, 2.24) is 4.90 Å². The normalized spacial score (nSPS) is 19.5. The summed E-state index contributed by atoms with van der Waals surface area (Å²) in [7, 11) is 0. The fourth-order valence-electron chi connectivity index (χ4n) is 5.03. The van der Waals surface area contributed by atoms with Gasteiger partial charge in [-0.25, -0.2) is 0 Å². The fraction of sp³-hybridized carbons (Fsp3) is 0.480. The molecule has 0 aromatic heterocycles. The van der Waals surface area contributed by atoms with E-state index in [-0.39, 0.29) is 18.0 Å². The number of ketones is 2. The van der Waals surface area contributed by atoms with Crippen LogP contribution in [0.25, 0.3) is 0 Å². The second-order valence-electron chi connectivity index (χ2n) is 8.42. The van der Waals surface area contributed by atoms with E-state index in [0.29, 0.717) is 37.1 Å². The lowest BCUT2D eigenvalue weighted by molar-refractivity contribution is -0.137. The lowest BCUT2D eigenvalue weighted by Crippen LogP contribution is -2.39. The molecular formula is C25H29NO5. The molecule has 1 N–H and O–H groups in total. The maximum Gasteiger partial charge on any atom is 0.305 e. The number of carboxylic acids is 1. The average Bonchev–Trinajstić information content (AvgIpc) is 2.76. The largest absolute Gasteiger partial charge is 0.494 e. The van der Waals surface area contributed by atoms with Gasteiger partial charge in [-0.15, -0.1) is 0 Å². The first kappa shape index (κ1) is 21.3. The number of ether oxygens (including phenoxy) is 1. The number of carbonyl (C=O) groups is 3. The highest BCUT2D eigenvalue weighted by Crippen LogP contribution is 2.49. The Morgan fingerprint density at radius 2 is 1.71 bits per heavy atom. The van der Waals surface area contributed by atoms with Crippen molar-refractivity contribution in [1.29, 1.82) is 0 Å². The van der Waals surface area contributed by atoms with Crippen molar-refractivity contribution >= 4 is 17.5 Å². The molecule has 0 unspecified atom stereocenters. The Balaban J connectivity index is 1.85. The van der Waals surface area contributed by atoms with Gasteiger partial charge in [0.2, 0.25) is 0 Å². The monoisotopic (exact) mass is 423 g/mol. The zero-order valence-corrected chi connectivity index (χ0v) is 18.0. The van der Waals surface area contributed by atoms with Crippen LogP contribution in [0.4, 0.5) is 0 Å². The molecule has 164 valence electrons. The van der Waals surface area contributed by atoms with Gasteiger partial charge < -0.3 is 14.7 Å². The first-order valence-electron chi connectivity index (χ1n) is 11.3. The van der Waals surface area contributed by atoms with Gasteiger partial charge in [0.1, 0.15) is 5.75 Å². The maximum atomic E-state index is 13.2. The van der Waals surface area contributed by atoms with Crippen LogP contribution < -0.4 is 4.74 Å². The van der Waals surface area contributed by atoms with Crippen LogP contribution in [-0.4, -0.2) is 40.7 Å². The molecule has 6 heteroatoms. The minimum atomic E-state index is -0.878. The fourth-order valence-corrected chi connectivity index (χ4v) is 5.03. The molecule has 1 aromatic carbocycles. The lowest BCUT2D eigenvalue weighted by atomic mass is 9.71. The molecule has 3 aliphatic rings. The van der Waals surface area contributed by atoms with Crippen LogP contribution in [0.3, 0.4) is 0 Å². The molecule has 31 heavy (non-hydrogen) atoms. The molecule has 0 spiro atoms. The summed E-state index contributed by atoms with van der Waals surface area (Å²) in [5, 5.41) is 9.27. The SMILES string of the molecule is CCCOc1cccc(C2C3=C(CCCC3=O)N(CCC(=O)O)C3=C2C(=O)CCC3)c1. The van der Waals surface area contributed by atoms with Gasteiger partial charge >= 0.3 is 5.97 Å². The van der Waals surface area contributed by atoms with Gasteiger partial charge in [-0.1, -0.05) is 19.1 Å². The van der Waals surface area contributed by atoms with E-state index in [1.165, 1.54) is 0 Å². The molecule has 1 aliphatic heterocycles. The Morgan fingerprint density at radius 1 is 1.06 bits per heavy atom. The highest BCUT2D eigenvalue weighted by molar-refractivity contribution is 6.06. The van der Waals surface area contributed by atoms with Crippen LogP contribution in [0.15, 0.2) is 46.8 Å². The molecule has 4 rings (SSSR count). The molecule has 0 fully saturated rings. The highest BCUT2D eigenvalue weighted by atomic mass is 16.5. The molecule has 2 aliphatic carbocycles. The summed E-state index contributed by atoms with van der Waals surface area (Å²) in [5.41, 5.74) is 4.08. The van der Waals surface area contributed by atoms with Crippen LogP contribution in [0.1, 0.15) is 69.8 Å². The number of carboxylic acid groups (broad SMARTS) is 1. The molecule has 0 atom stereocenters. The minimum absolute atomic E-state index is 0.0268. The predicted octanol–water partition coefficient (Wildman–Crippen LogP) is 4.36. The summed E-state index contributed by atoms with van der Waals surface area (Å²) >= 11 is 0. The van der Waals surface area contributed by atoms with Crippen molar-refractivity contribution < 1.29 is 24.2 Å². The Labute approximate surface area is 182 Å². The number of carbonyl (C=O) groups excluding carboxylic acids is 2. The van der Waals surface area contributed by atoms with Crippen molar-refractivity contribution in [2.45, 2.75) is 64.2 Å². The van der Waals surface area contributed by atoms with E-state index in [0.717, 1.165) is 54.8 Å². The Bertz CT molecular complexity index is 930. The maximum absolute atomic E-state index is 13.2. The van der Waals surface area contributed by atoms with Crippen LogP contribution in [-0.2, 0) is 14.4 Å². The van der Waals surface area contributed by atoms with E-state index in [4.69, 9.17) is 4.74 Å². The third-order valence-electron chi connectivity index (χ3n) is 6.30. The summed E-state index contributed by atoms with van der Waals surface area (Å²) in [6, 6.07) is 7.73. The number of allylic oxidation sites excluding steroid dienone is 4. The van der Waals surface area contributed by atoms with E-state index in [9.17, 15) is 19.5 Å². The second-order valence-corrected chi connectivity index (χ2v) is 8.42. The second kappa shape index (κ2) is 9.08. The average molecular weight is 424 g/mol. The van der Waals surface area contributed by atoms with Gasteiger partial charge in [0.05, 0.1) is 13.0 Å². The van der Waals surface area contributed by atoms with Crippen LogP contribution in [0.2, 0.25) is 0 Å². The summed E-state index contributed by atoms with van der Waals surface area (Å²) < 4.78 is 5.82. The first-order chi connectivity index (χ1) is 15.0. The van der Waals surface area contributed by atoms with Crippen LogP contribution in [0.5, 0.6) is 5.75 Å². The third kappa shape index (κ3) is 4.16. The lowest BCUT2D eigenvalue weighted by Gasteiger charge is -2.44. The molecule has 0 radical (unpaired) electrons. The summed E-state index contributed by atoms with van der Waals surface area (Å²) in [6.07, 6.45) is 4.77. The van der Waals surface area contributed by atoms with Gasteiger partial charge in [-0.3, -0.25) is 14.4 Å². The summed E-state index contributed by atoms with van der Waals surface area (Å²) in [4.78, 5) is 39.6. The molecule has 0 bridgehead atoms. The zero-order valence-electron chi connectivity index (χ0n) is 18.0. The van der Waals surface area contributed by atoms with E-state index >= 15 is 0 Å². The van der Waals surface area contributed by atoms with Crippen molar-refractivity contribution in [3.05, 3.63) is 52.4 Å². The molecule has 0 saturated heterocycles. The number of rotatable bonds is 7. The molecule has 1 aromatic rings. The number of nitrogens with zero attached hydrogens (tertiary/aromatic N) is 1. The Kier molecular flexibility index (Phi) is 6.25. The van der Waals surface area contributed by atoms with Crippen LogP contribution in [0, 0.1) is 0 Å². The van der Waals surface area contributed by atoms with Gasteiger partial charge in [0, 0.05) is 47.8 Å². The van der Waals surface area contributed by atoms with Gasteiger partial charge in [-0.2, -0.15) is 0 Å². The number of Topliss-reactive ketones (excluding diaryl/α,β-unsaturated/α-hetero) is 2. The van der Waals surface area contributed by atoms with Gasteiger partial charge in [0.15, 0.2) is 11.6 Å². The van der Waals surface area contributed by atoms with E-state index in [1.54, 1.807) is 0 Å². The molecular weight excluding hydrogens is 394 g/mol. The molecule has 6 nitrogen and oxygen atoms in total. The van der Waals surface area contributed by atoms with Crippen molar-refractivity contribution in [3.8, 4) is 5.75 Å². The molecule has 1 heterocycles.